The Hall–Kier alpha value is -0.893. The molecule has 1 rings (SSSR count). The van der Waals surface area contributed by atoms with Crippen LogP contribution in [0, 0.1) is 0 Å². The predicted octanol–water partition coefficient (Wildman–Crippen LogP) is 3.53. The third kappa shape index (κ3) is 5.53. The number of ketones is 1. The van der Waals surface area contributed by atoms with Crippen LogP contribution in [0.1, 0.15) is 12.0 Å². The standard InChI is InChI=1S/C13H20OSi/c1-15(2,3)11-13(14)10-9-12-7-5-4-6-8-12/h4-8H,9-11H2,1-3H3. The highest BCUT2D eigenvalue weighted by Gasteiger charge is 2.17. The van der Waals surface area contributed by atoms with E-state index in [2.05, 4.69) is 31.8 Å². The van der Waals surface area contributed by atoms with E-state index >= 15 is 0 Å². The molecule has 1 aromatic carbocycles. The summed E-state index contributed by atoms with van der Waals surface area (Å²) in [6.07, 6.45) is 1.60. The zero-order chi connectivity index (χ0) is 11.3. The Morgan fingerprint density at radius 3 is 2.27 bits per heavy atom. The lowest BCUT2D eigenvalue weighted by Crippen LogP contribution is -2.24. The van der Waals surface area contributed by atoms with Crippen LogP contribution in [0.15, 0.2) is 30.3 Å². The number of benzene rings is 1. The Kier molecular flexibility index (Phi) is 4.27. The van der Waals surface area contributed by atoms with Crippen LogP contribution in [0.4, 0.5) is 0 Å². The highest BCUT2D eigenvalue weighted by Crippen LogP contribution is 2.12. The molecule has 0 fully saturated rings. The lowest BCUT2D eigenvalue weighted by Gasteiger charge is -2.14. The van der Waals surface area contributed by atoms with Crippen LogP contribution in [0.25, 0.3) is 0 Å². The molecule has 0 aliphatic carbocycles. The summed E-state index contributed by atoms with van der Waals surface area (Å²) in [7, 11) is -1.21. The van der Waals surface area contributed by atoms with Crippen LogP contribution >= 0.6 is 0 Å². The molecule has 2 heteroatoms. The fraction of sp³-hybridized carbons (Fsp3) is 0.462. The maximum atomic E-state index is 11.7. The van der Waals surface area contributed by atoms with E-state index in [1.54, 1.807) is 0 Å². The van der Waals surface area contributed by atoms with E-state index in [1.807, 2.05) is 18.2 Å². The fourth-order valence-electron chi connectivity index (χ4n) is 1.61. The zero-order valence-corrected chi connectivity index (χ0v) is 10.9. The average Bonchev–Trinajstić information content (AvgIpc) is 2.14. The second-order valence-electron chi connectivity index (χ2n) is 5.26. The maximum Gasteiger partial charge on any atom is 0.130 e. The molecule has 0 radical (unpaired) electrons. The Morgan fingerprint density at radius 2 is 1.73 bits per heavy atom. The van der Waals surface area contributed by atoms with Gasteiger partial charge in [0.05, 0.1) is 8.07 Å². The lowest BCUT2D eigenvalue weighted by atomic mass is 10.1. The zero-order valence-electron chi connectivity index (χ0n) is 9.92. The van der Waals surface area contributed by atoms with Gasteiger partial charge in [0, 0.05) is 12.5 Å². The maximum absolute atomic E-state index is 11.7. The summed E-state index contributed by atoms with van der Waals surface area (Å²) in [6, 6.07) is 11.0. The molecule has 0 aromatic heterocycles. The number of Topliss-reactive ketones (excluding diaryl/α,β-unsaturated/α-hetero) is 1. The number of carbonyl (C=O) groups excluding carboxylic acids is 1. The van der Waals surface area contributed by atoms with Gasteiger partial charge in [-0.1, -0.05) is 50.0 Å². The van der Waals surface area contributed by atoms with Crippen LogP contribution in [-0.2, 0) is 11.2 Å². The Morgan fingerprint density at radius 1 is 1.13 bits per heavy atom. The molecule has 1 nitrogen and oxygen atoms in total. The summed E-state index contributed by atoms with van der Waals surface area (Å²) in [5.41, 5.74) is 1.27. The van der Waals surface area contributed by atoms with Gasteiger partial charge in [-0.2, -0.15) is 0 Å². The van der Waals surface area contributed by atoms with Crippen molar-refractivity contribution in [3.63, 3.8) is 0 Å². The molecular weight excluding hydrogens is 200 g/mol. The van der Waals surface area contributed by atoms with Gasteiger partial charge in [0.2, 0.25) is 0 Å². The third-order valence-electron chi connectivity index (χ3n) is 2.26. The summed E-state index contributed by atoms with van der Waals surface area (Å²) in [6.45, 7) is 6.73. The van der Waals surface area contributed by atoms with E-state index < -0.39 is 8.07 Å². The van der Waals surface area contributed by atoms with Crippen molar-refractivity contribution in [2.45, 2.75) is 38.5 Å². The molecule has 0 bridgehead atoms. The largest absolute Gasteiger partial charge is 0.300 e. The first-order valence-electron chi connectivity index (χ1n) is 5.53. The van der Waals surface area contributed by atoms with Gasteiger partial charge in [0.15, 0.2) is 0 Å². The van der Waals surface area contributed by atoms with Crippen LogP contribution in [-0.4, -0.2) is 13.9 Å². The van der Waals surface area contributed by atoms with E-state index in [1.165, 1.54) is 5.56 Å². The first-order valence-corrected chi connectivity index (χ1v) is 9.24. The minimum atomic E-state index is -1.21. The SMILES string of the molecule is C[Si](C)(C)CC(=O)CCc1ccccc1. The van der Waals surface area contributed by atoms with Crippen molar-refractivity contribution >= 4 is 13.9 Å². The summed E-state index contributed by atoms with van der Waals surface area (Å²) in [5.74, 6) is 0.429. The predicted molar refractivity (Wildman–Crippen MR) is 67.9 cm³/mol. The van der Waals surface area contributed by atoms with Crippen molar-refractivity contribution < 1.29 is 4.79 Å². The Bertz CT molecular complexity index is 311. The van der Waals surface area contributed by atoms with E-state index in [0.717, 1.165) is 12.5 Å². The highest BCUT2D eigenvalue weighted by molar-refractivity contribution is 6.78. The van der Waals surface area contributed by atoms with Crippen molar-refractivity contribution in [2.75, 3.05) is 0 Å². The van der Waals surface area contributed by atoms with Gasteiger partial charge >= 0.3 is 0 Å². The monoisotopic (exact) mass is 220 g/mol. The molecular formula is C13H20OSi. The second kappa shape index (κ2) is 5.26. The van der Waals surface area contributed by atoms with Gasteiger partial charge < -0.3 is 4.79 Å². The molecule has 0 aliphatic heterocycles. The second-order valence-corrected chi connectivity index (χ2v) is 10.7. The molecule has 0 N–H and O–H groups in total. The van der Waals surface area contributed by atoms with Gasteiger partial charge in [0.25, 0.3) is 0 Å². The van der Waals surface area contributed by atoms with E-state index in [-0.39, 0.29) is 0 Å². The molecule has 82 valence electrons. The van der Waals surface area contributed by atoms with Gasteiger partial charge in [0.1, 0.15) is 5.78 Å². The van der Waals surface area contributed by atoms with Crippen molar-refractivity contribution in [3.05, 3.63) is 35.9 Å². The number of hydrogen-bond acceptors (Lipinski definition) is 1. The molecule has 0 saturated heterocycles. The van der Waals surface area contributed by atoms with Crippen molar-refractivity contribution in [2.24, 2.45) is 0 Å². The van der Waals surface area contributed by atoms with Gasteiger partial charge in [-0.25, -0.2) is 0 Å². The first kappa shape index (κ1) is 12.2. The molecule has 0 spiro atoms. The van der Waals surface area contributed by atoms with Crippen LogP contribution in [0.3, 0.4) is 0 Å². The number of rotatable bonds is 5. The molecule has 0 atom stereocenters. The van der Waals surface area contributed by atoms with Gasteiger partial charge in [-0.3, -0.25) is 0 Å². The minimum Gasteiger partial charge on any atom is -0.300 e. The van der Waals surface area contributed by atoms with Gasteiger partial charge in [-0.05, 0) is 12.0 Å². The molecule has 1 aromatic rings. The number of carbonyl (C=O) groups is 1. The molecule has 15 heavy (non-hydrogen) atoms. The van der Waals surface area contributed by atoms with Crippen LogP contribution in [0.5, 0.6) is 0 Å². The quantitative estimate of drug-likeness (QED) is 0.694. The van der Waals surface area contributed by atoms with E-state index in [9.17, 15) is 4.79 Å². The molecule has 0 aliphatic rings. The molecule has 0 heterocycles. The van der Waals surface area contributed by atoms with E-state index in [0.29, 0.717) is 12.2 Å². The Balaban J connectivity index is 2.35. The smallest absolute Gasteiger partial charge is 0.130 e. The van der Waals surface area contributed by atoms with Crippen LogP contribution in [0.2, 0.25) is 25.7 Å². The van der Waals surface area contributed by atoms with Gasteiger partial charge in [-0.15, -0.1) is 0 Å². The van der Waals surface area contributed by atoms with Crippen LogP contribution < -0.4 is 0 Å². The summed E-state index contributed by atoms with van der Waals surface area (Å²) < 4.78 is 0. The van der Waals surface area contributed by atoms with E-state index in [4.69, 9.17) is 0 Å². The van der Waals surface area contributed by atoms with Crippen molar-refractivity contribution in [3.8, 4) is 0 Å². The molecule has 0 unspecified atom stereocenters. The minimum absolute atomic E-state index is 0.429. The average molecular weight is 220 g/mol. The topological polar surface area (TPSA) is 17.1 Å². The normalized spacial score (nSPS) is 11.4. The Labute approximate surface area is 93.5 Å². The van der Waals surface area contributed by atoms with Crippen molar-refractivity contribution in [1.29, 1.82) is 0 Å². The first-order chi connectivity index (χ1) is 6.97. The third-order valence-corrected chi connectivity index (χ3v) is 3.72. The molecule has 0 saturated carbocycles. The molecule has 0 amide bonds. The fourth-order valence-corrected chi connectivity index (χ4v) is 2.97. The summed E-state index contributed by atoms with van der Waals surface area (Å²) >= 11 is 0. The highest BCUT2D eigenvalue weighted by atomic mass is 28.3. The lowest BCUT2D eigenvalue weighted by molar-refractivity contribution is -0.117. The number of hydrogen-bond donors (Lipinski definition) is 0. The van der Waals surface area contributed by atoms with Crippen molar-refractivity contribution in [1.82, 2.24) is 0 Å². The summed E-state index contributed by atoms with van der Waals surface area (Å²) in [5, 5.41) is 0. The summed E-state index contributed by atoms with van der Waals surface area (Å²) in [4.78, 5) is 11.7. The number of aryl methyl sites for hydroxylation is 1.